The van der Waals surface area contributed by atoms with Gasteiger partial charge in [-0.2, -0.15) is 0 Å². The van der Waals surface area contributed by atoms with Crippen molar-refractivity contribution in [3.05, 3.63) is 15.6 Å². The van der Waals surface area contributed by atoms with Gasteiger partial charge in [-0.25, -0.2) is 4.98 Å². The van der Waals surface area contributed by atoms with Crippen molar-refractivity contribution in [2.45, 2.75) is 46.5 Å². The molecule has 0 aliphatic rings. The fraction of sp³-hybridized carbons (Fsp3) is 0.636. The lowest BCUT2D eigenvalue weighted by Gasteiger charge is -1.93. The average molecular weight is 211 g/mol. The number of hydrogen-bond acceptors (Lipinski definition) is 3. The minimum Gasteiger partial charge on any atom is -0.300 e. The largest absolute Gasteiger partial charge is 0.300 e. The standard InChI is InChI=1S/C11H17NOS/c1-4-5-11-12-9(3)10(14-11)7-6-8(2)13/h4-7H2,1-3H3. The number of rotatable bonds is 5. The number of aromatic nitrogens is 1. The Labute approximate surface area is 89.4 Å². The van der Waals surface area contributed by atoms with E-state index in [4.69, 9.17) is 0 Å². The number of aryl methyl sites for hydroxylation is 3. The SMILES string of the molecule is CCCc1nc(C)c(CCC(C)=O)s1. The molecule has 1 heterocycles. The van der Waals surface area contributed by atoms with Crippen LogP contribution in [-0.4, -0.2) is 10.8 Å². The molecule has 0 spiro atoms. The number of carbonyl (C=O) groups is 1. The van der Waals surface area contributed by atoms with E-state index < -0.39 is 0 Å². The van der Waals surface area contributed by atoms with E-state index in [1.807, 2.05) is 6.92 Å². The van der Waals surface area contributed by atoms with Gasteiger partial charge in [0.2, 0.25) is 0 Å². The highest BCUT2D eigenvalue weighted by Crippen LogP contribution is 2.20. The van der Waals surface area contributed by atoms with Crippen molar-refractivity contribution in [2.75, 3.05) is 0 Å². The first kappa shape index (κ1) is 11.4. The number of thiazole rings is 1. The quantitative estimate of drug-likeness (QED) is 0.749. The van der Waals surface area contributed by atoms with E-state index in [-0.39, 0.29) is 5.78 Å². The fourth-order valence-corrected chi connectivity index (χ4v) is 2.50. The molecule has 0 amide bonds. The predicted molar refractivity (Wildman–Crippen MR) is 59.8 cm³/mol. The second kappa shape index (κ2) is 5.25. The van der Waals surface area contributed by atoms with E-state index in [9.17, 15) is 4.79 Å². The minimum atomic E-state index is 0.259. The molecule has 0 aromatic carbocycles. The highest BCUT2D eigenvalue weighted by Gasteiger charge is 2.07. The van der Waals surface area contributed by atoms with Crippen LogP contribution in [0.3, 0.4) is 0 Å². The molecule has 0 atom stereocenters. The molecule has 0 saturated heterocycles. The van der Waals surface area contributed by atoms with Crippen molar-refractivity contribution in [3.63, 3.8) is 0 Å². The zero-order valence-corrected chi connectivity index (χ0v) is 9.91. The van der Waals surface area contributed by atoms with Crippen molar-refractivity contribution >= 4 is 17.1 Å². The van der Waals surface area contributed by atoms with E-state index in [0.717, 1.165) is 25.0 Å². The monoisotopic (exact) mass is 211 g/mol. The minimum absolute atomic E-state index is 0.259. The van der Waals surface area contributed by atoms with Crippen LogP contribution < -0.4 is 0 Å². The molecular formula is C11H17NOS. The summed E-state index contributed by atoms with van der Waals surface area (Å²) in [6.45, 7) is 5.83. The molecule has 2 nitrogen and oxygen atoms in total. The molecule has 14 heavy (non-hydrogen) atoms. The van der Waals surface area contributed by atoms with Crippen molar-refractivity contribution in [1.82, 2.24) is 4.98 Å². The van der Waals surface area contributed by atoms with Crippen molar-refractivity contribution in [3.8, 4) is 0 Å². The van der Waals surface area contributed by atoms with Gasteiger partial charge >= 0.3 is 0 Å². The van der Waals surface area contributed by atoms with Gasteiger partial charge in [0, 0.05) is 11.3 Å². The Hall–Kier alpha value is -0.700. The molecule has 0 bridgehead atoms. The summed E-state index contributed by atoms with van der Waals surface area (Å²) in [4.78, 5) is 16.6. The third kappa shape index (κ3) is 3.22. The van der Waals surface area contributed by atoms with Crippen LogP contribution in [0.25, 0.3) is 0 Å². The molecule has 3 heteroatoms. The van der Waals surface area contributed by atoms with Crippen molar-refractivity contribution in [1.29, 1.82) is 0 Å². The maximum atomic E-state index is 10.8. The van der Waals surface area contributed by atoms with Gasteiger partial charge in [-0.1, -0.05) is 6.92 Å². The van der Waals surface area contributed by atoms with Crippen LogP contribution in [0.2, 0.25) is 0 Å². The van der Waals surface area contributed by atoms with Gasteiger partial charge in [-0.05, 0) is 33.1 Å². The molecule has 0 radical (unpaired) electrons. The predicted octanol–water partition coefficient (Wildman–Crippen LogP) is 2.93. The summed E-state index contributed by atoms with van der Waals surface area (Å²) < 4.78 is 0. The molecule has 0 N–H and O–H groups in total. The summed E-state index contributed by atoms with van der Waals surface area (Å²) >= 11 is 1.76. The average Bonchev–Trinajstić information content (AvgIpc) is 2.44. The first-order valence-electron chi connectivity index (χ1n) is 5.08. The topological polar surface area (TPSA) is 30.0 Å². The fourth-order valence-electron chi connectivity index (χ4n) is 1.33. The zero-order chi connectivity index (χ0) is 10.6. The van der Waals surface area contributed by atoms with Gasteiger partial charge in [0.05, 0.1) is 10.7 Å². The molecule has 0 aliphatic heterocycles. The third-order valence-corrected chi connectivity index (χ3v) is 3.38. The Morgan fingerprint density at radius 2 is 2.14 bits per heavy atom. The van der Waals surface area contributed by atoms with E-state index in [0.29, 0.717) is 6.42 Å². The van der Waals surface area contributed by atoms with Crippen LogP contribution in [0.1, 0.15) is 42.3 Å². The van der Waals surface area contributed by atoms with Crippen LogP contribution in [0, 0.1) is 6.92 Å². The molecule has 1 rings (SSSR count). The summed E-state index contributed by atoms with van der Waals surface area (Å²) in [6.07, 6.45) is 3.71. The Morgan fingerprint density at radius 3 is 2.71 bits per heavy atom. The molecule has 0 saturated carbocycles. The number of hydrogen-bond donors (Lipinski definition) is 0. The summed E-state index contributed by atoms with van der Waals surface area (Å²) in [7, 11) is 0. The number of carbonyl (C=O) groups excluding carboxylic acids is 1. The molecular weight excluding hydrogens is 194 g/mol. The van der Waals surface area contributed by atoms with Crippen LogP contribution in [0.4, 0.5) is 0 Å². The molecule has 0 aliphatic carbocycles. The van der Waals surface area contributed by atoms with E-state index in [1.54, 1.807) is 18.3 Å². The molecule has 0 unspecified atom stereocenters. The van der Waals surface area contributed by atoms with Gasteiger partial charge in [-0.15, -0.1) is 11.3 Å². The summed E-state index contributed by atoms with van der Waals surface area (Å²) in [5, 5.41) is 1.21. The summed E-state index contributed by atoms with van der Waals surface area (Å²) in [5.41, 5.74) is 1.11. The number of nitrogens with zero attached hydrogens (tertiary/aromatic N) is 1. The van der Waals surface area contributed by atoms with Crippen LogP contribution >= 0.6 is 11.3 Å². The normalized spacial score (nSPS) is 10.5. The number of ketones is 1. The second-order valence-corrected chi connectivity index (χ2v) is 4.74. The lowest BCUT2D eigenvalue weighted by atomic mass is 10.2. The van der Waals surface area contributed by atoms with Gasteiger partial charge in [0.1, 0.15) is 5.78 Å². The highest BCUT2D eigenvalue weighted by molar-refractivity contribution is 7.11. The van der Waals surface area contributed by atoms with Crippen LogP contribution in [0.15, 0.2) is 0 Å². The van der Waals surface area contributed by atoms with Gasteiger partial charge < -0.3 is 4.79 Å². The molecule has 1 aromatic rings. The maximum Gasteiger partial charge on any atom is 0.130 e. The number of Topliss-reactive ketones (excluding diaryl/α,β-unsaturated/α-hetero) is 1. The maximum absolute atomic E-state index is 10.8. The molecule has 0 fully saturated rings. The third-order valence-electron chi connectivity index (χ3n) is 2.10. The second-order valence-electron chi connectivity index (χ2n) is 3.57. The van der Waals surface area contributed by atoms with E-state index >= 15 is 0 Å². The Kier molecular flexibility index (Phi) is 4.26. The van der Waals surface area contributed by atoms with Crippen LogP contribution in [0.5, 0.6) is 0 Å². The molecule has 1 aromatic heterocycles. The van der Waals surface area contributed by atoms with Crippen molar-refractivity contribution in [2.24, 2.45) is 0 Å². The zero-order valence-electron chi connectivity index (χ0n) is 9.09. The Balaban J connectivity index is 2.62. The lowest BCUT2D eigenvalue weighted by molar-refractivity contribution is -0.116. The first-order chi connectivity index (χ1) is 6.63. The summed E-state index contributed by atoms with van der Waals surface area (Å²) in [6, 6.07) is 0. The van der Waals surface area contributed by atoms with Gasteiger partial charge in [-0.3, -0.25) is 0 Å². The van der Waals surface area contributed by atoms with E-state index in [1.165, 1.54) is 9.88 Å². The Bertz CT molecular complexity index is 317. The van der Waals surface area contributed by atoms with Crippen LogP contribution in [-0.2, 0) is 17.6 Å². The summed E-state index contributed by atoms with van der Waals surface area (Å²) in [5.74, 6) is 0.259. The van der Waals surface area contributed by atoms with Gasteiger partial charge in [0.15, 0.2) is 0 Å². The van der Waals surface area contributed by atoms with Gasteiger partial charge in [0.25, 0.3) is 0 Å². The Morgan fingerprint density at radius 1 is 1.43 bits per heavy atom. The lowest BCUT2D eigenvalue weighted by Crippen LogP contribution is -1.93. The highest BCUT2D eigenvalue weighted by atomic mass is 32.1. The molecule has 78 valence electrons. The first-order valence-corrected chi connectivity index (χ1v) is 5.89. The smallest absolute Gasteiger partial charge is 0.130 e. The van der Waals surface area contributed by atoms with Crippen molar-refractivity contribution < 1.29 is 4.79 Å². The van der Waals surface area contributed by atoms with E-state index in [2.05, 4.69) is 11.9 Å².